The van der Waals surface area contributed by atoms with E-state index in [-0.39, 0.29) is 5.09 Å². The number of anilines is 1. The highest BCUT2D eigenvalue weighted by molar-refractivity contribution is 7.92. The molecule has 29 heavy (non-hydrogen) atoms. The summed E-state index contributed by atoms with van der Waals surface area (Å²) in [6, 6.07) is 16.7. The number of hydrogen-bond donors (Lipinski definition) is 0. The van der Waals surface area contributed by atoms with E-state index < -0.39 is 10.0 Å². The first kappa shape index (κ1) is 21.0. The lowest BCUT2D eigenvalue weighted by Gasteiger charge is -2.26. The molecule has 2 aromatic carbocycles. The summed E-state index contributed by atoms with van der Waals surface area (Å²) in [7, 11) is -3.84. The Kier molecular flexibility index (Phi) is 6.33. The molecule has 154 valence electrons. The summed E-state index contributed by atoms with van der Waals surface area (Å²) >= 11 is 0. The van der Waals surface area contributed by atoms with Crippen LogP contribution >= 0.6 is 0 Å². The van der Waals surface area contributed by atoms with Crippen LogP contribution in [0.1, 0.15) is 35.8 Å². The number of nitrogens with zero attached hydrogens (tertiary/aromatic N) is 1. The lowest BCUT2D eigenvalue weighted by Crippen LogP contribution is -2.32. The van der Waals surface area contributed by atoms with E-state index in [1.54, 1.807) is 13.0 Å². The maximum absolute atomic E-state index is 13.3. The Hall–Kier alpha value is -2.73. The van der Waals surface area contributed by atoms with E-state index in [9.17, 15) is 8.42 Å². The van der Waals surface area contributed by atoms with Crippen LogP contribution in [0.4, 0.5) is 5.69 Å². The Morgan fingerprint density at radius 3 is 2.28 bits per heavy atom. The van der Waals surface area contributed by atoms with E-state index >= 15 is 0 Å². The highest BCUT2D eigenvalue weighted by Crippen LogP contribution is 2.36. The van der Waals surface area contributed by atoms with Crippen LogP contribution in [0, 0.1) is 20.8 Å². The van der Waals surface area contributed by atoms with Gasteiger partial charge in [0.1, 0.15) is 18.1 Å². The van der Waals surface area contributed by atoms with Crippen LogP contribution in [0.2, 0.25) is 0 Å². The lowest BCUT2D eigenvalue weighted by molar-refractivity contribution is 0.307. The van der Waals surface area contributed by atoms with Crippen LogP contribution < -0.4 is 9.04 Å². The Labute approximate surface area is 173 Å². The van der Waals surface area contributed by atoms with Gasteiger partial charge in [0.25, 0.3) is 10.0 Å². The van der Waals surface area contributed by atoms with Gasteiger partial charge in [-0.05, 0) is 68.1 Å². The van der Waals surface area contributed by atoms with Gasteiger partial charge in [0, 0.05) is 6.54 Å². The summed E-state index contributed by atoms with van der Waals surface area (Å²) in [4.78, 5) is 0. The molecule has 0 fully saturated rings. The third-order valence-corrected chi connectivity index (χ3v) is 6.46. The van der Waals surface area contributed by atoms with E-state index in [0.717, 1.165) is 16.7 Å². The van der Waals surface area contributed by atoms with Gasteiger partial charge in [-0.1, -0.05) is 37.3 Å². The molecule has 0 spiro atoms. The minimum atomic E-state index is -3.84. The number of benzene rings is 2. The molecule has 0 amide bonds. The predicted molar refractivity (Wildman–Crippen MR) is 115 cm³/mol. The average molecular weight is 414 g/mol. The summed E-state index contributed by atoms with van der Waals surface area (Å²) < 4.78 is 39.6. The normalized spacial score (nSPS) is 11.4. The molecule has 0 radical (unpaired) electrons. The van der Waals surface area contributed by atoms with Crippen molar-refractivity contribution in [3.8, 4) is 5.75 Å². The molecular weight excluding hydrogens is 386 g/mol. The predicted octanol–water partition coefficient (Wildman–Crippen LogP) is 5.39. The Morgan fingerprint density at radius 1 is 0.966 bits per heavy atom. The summed E-state index contributed by atoms with van der Waals surface area (Å²) in [5.41, 5.74) is 3.58. The minimum absolute atomic E-state index is 0.0595. The van der Waals surface area contributed by atoms with Gasteiger partial charge >= 0.3 is 0 Å². The van der Waals surface area contributed by atoms with Crippen molar-refractivity contribution in [3.63, 3.8) is 0 Å². The molecule has 5 nitrogen and oxygen atoms in total. The highest BCUT2D eigenvalue weighted by atomic mass is 32.2. The van der Waals surface area contributed by atoms with E-state index in [1.165, 1.54) is 10.4 Å². The molecule has 0 unspecified atom stereocenters. The largest absolute Gasteiger partial charge is 0.487 e. The first-order valence-electron chi connectivity index (χ1n) is 9.70. The van der Waals surface area contributed by atoms with Crippen LogP contribution in [-0.2, 0) is 16.6 Å². The maximum Gasteiger partial charge on any atom is 0.297 e. The zero-order valence-electron chi connectivity index (χ0n) is 17.3. The van der Waals surface area contributed by atoms with Gasteiger partial charge in [-0.2, -0.15) is 8.42 Å². The Balaban J connectivity index is 2.04. The van der Waals surface area contributed by atoms with Gasteiger partial charge in [0.05, 0.1) is 5.69 Å². The molecule has 0 saturated carbocycles. The Morgan fingerprint density at radius 2 is 1.66 bits per heavy atom. The quantitative estimate of drug-likeness (QED) is 0.497. The van der Waals surface area contributed by atoms with Crippen molar-refractivity contribution >= 4 is 15.7 Å². The summed E-state index contributed by atoms with van der Waals surface area (Å²) in [6.07, 6.45) is 0.657. The highest BCUT2D eigenvalue weighted by Gasteiger charge is 2.30. The van der Waals surface area contributed by atoms with Crippen LogP contribution in [0.15, 0.2) is 64.1 Å². The molecular formula is C23H27NO4S. The van der Waals surface area contributed by atoms with Gasteiger partial charge in [-0.3, -0.25) is 4.31 Å². The third kappa shape index (κ3) is 4.65. The molecule has 0 saturated heterocycles. The number of rotatable bonds is 8. The molecule has 0 N–H and O–H groups in total. The van der Waals surface area contributed by atoms with Crippen molar-refractivity contribution in [1.29, 1.82) is 0 Å². The number of ether oxygens (including phenoxy) is 1. The zero-order valence-corrected chi connectivity index (χ0v) is 18.1. The van der Waals surface area contributed by atoms with E-state index in [2.05, 4.69) is 0 Å². The number of hydrogen-bond acceptors (Lipinski definition) is 4. The monoisotopic (exact) mass is 413 g/mol. The van der Waals surface area contributed by atoms with Crippen molar-refractivity contribution in [1.82, 2.24) is 0 Å². The fraction of sp³-hybridized carbons (Fsp3) is 0.304. The lowest BCUT2D eigenvalue weighted by atomic mass is 10.1. The number of sulfonamides is 1. The molecule has 3 rings (SSSR count). The van der Waals surface area contributed by atoms with Crippen molar-refractivity contribution in [2.75, 3.05) is 10.8 Å². The fourth-order valence-electron chi connectivity index (χ4n) is 3.05. The Bertz CT molecular complexity index is 1070. The fourth-order valence-corrected chi connectivity index (χ4v) is 4.57. The number of aryl methyl sites for hydroxylation is 3. The summed E-state index contributed by atoms with van der Waals surface area (Å²) in [6.45, 7) is 8.31. The van der Waals surface area contributed by atoms with E-state index in [0.29, 0.717) is 36.8 Å². The van der Waals surface area contributed by atoms with Crippen molar-refractivity contribution in [2.45, 2.75) is 45.8 Å². The molecule has 1 heterocycles. The second kappa shape index (κ2) is 8.74. The van der Waals surface area contributed by atoms with Crippen LogP contribution in [-0.4, -0.2) is 15.0 Å². The molecule has 3 aromatic rings. The molecule has 0 aliphatic rings. The first-order chi connectivity index (χ1) is 13.8. The van der Waals surface area contributed by atoms with Crippen LogP contribution in [0.3, 0.4) is 0 Å². The second-order valence-corrected chi connectivity index (χ2v) is 8.91. The van der Waals surface area contributed by atoms with Crippen molar-refractivity contribution in [3.05, 3.63) is 77.0 Å². The van der Waals surface area contributed by atoms with Gasteiger partial charge < -0.3 is 9.15 Å². The number of furan rings is 1. The first-order valence-corrected chi connectivity index (χ1v) is 11.1. The molecule has 1 aromatic heterocycles. The van der Waals surface area contributed by atoms with E-state index in [1.807, 2.05) is 63.2 Å². The van der Waals surface area contributed by atoms with Crippen LogP contribution in [0.25, 0.3) is 0 Å². The maximum atomic E-state index is 13.3. The SMILES string of the molecule is CCCN(c1cc(C)c(C)cc1OCc1ccccc1)S(=O)(=O)c1ccc(C)o1. The van der Waals surface area contributed by atoms with Crippen LogP contribution in [0.5, 0.6) is 5.75 Å². The molecule has 0 aliphatic heterocycles. The van der Waals surface area contributed by atoms with Gasteiger partial charge in [0.15, 0.2) is 0 Å². The minimum Gasteiger partial charge on any atom is -0.487 e. The standard InChI is InChI=1S/C23H27NO4S/c1-5-13-24(29(25,26)23-12-11-19(4)28-23)21-14-17(2)18(3)15-22(21)27-16-20-9-7-6-8-10-20/h6-12,14-15H,5,13,16H2,1-4H3. The average Bonchev–Trinajstić information content (AvgIpc) is 3.15. The second-order valence-electron chi connectivity index (χ2n) is 7.12. The molecule has 0 atom stereocenters. The summed E-state index contributed by atoms with van der Waals surface area (Å²) in [5, 5.41) is -0.0595. The zero-order chi connectivity index (χ0) is 21.0. The van der Waals surface area contributed by atoms with Gasteiger partial charge in [-0.25, -0.2) is 0 Å². The topological polar surface area (TPSA) is 59.8 Å². The molecule has 6 heteroatoms. The van der Waals surface area contributed by atoms with Crippen molar-refractivity contribution in [2.24, 2.45) is 0 Å². The molecule has 0 bridgehead atoms. The molecule has 0 aliphatic carbocycles. The van der Waals surface area contributed by atoms with Gasteiger partial charge in [0.2, 0.25) is 5.09 Å². The smallest absolute Gasteiger partial charge is 0.297 e. The summed E-state index contributed by atoms with van der Waals surface area (Å²) in [5.74, 6) is 1.10. The van der Waals surface area contributed by atoms with Crippen molar-refractivity contribution < 1.29 is 17.6 Å². The third-order valence-electron chi connectivity index (χ3n) is 4.77. The van der Waals surface area contributed by atoms with Gasteiger partial charge in [-0.15, -0.1) is 0 Å². The van der Waals surface area contributed by atoms with E-state index in [4.69, 9.17) is 9.15 Å².